The molecule has 0 atom stereocenters. The minimum Gasteiger partial charge on any atom is -1.00 e. The van der Waals surface area contributed by atoms with Gasteiger partial charge in [-0.25, -0.2) is 9.59 Å². The molecule has 0 aliphatic carbocycles. The third-order valence-electron chi connectivity index (χ3n) is 5.89. The predicted molar refractivity (Wildman–Crippen MR) is 136 cm³/mol. The third-order valence-corrected chi connectivity index (χ3v) is 5.89. The maximum Gasteiger partial charge on any atom is 0.407 e. The van der Waals surface area contributed by atoms with Crippen molar-refractivity contribution in [1.29, 1.82) is 0 Å². The van der Waals surface area contributed by atoms with E-state index in [4.69, 9.17) is 14.2 Å². The summed E-state index contributed by atoms with van der Waals surface area (Å²) in [5.41, 5.74) is 4.62. The Labute approximate surface area is 241 Å². The van der Waals surface area contributed by atoms with Crippen LogP contribution in [0.1, 0.15) is 64.8 Å². The first-order valence-corrected chi connectivity index (χ1v) is 12.8. The van der Waals surface area contributed by atoms with E-state index in [1.165, 1.54) is 0 Å². The number of carbonyl (C=O) groups excluding carboxylic acids is 3. The Kier molecular flexibility index (Phi) is 11.9. The molecule has 2 aromatic rings. The first-order valence-electron chi connectivity index (χ1n) is 12.8. The monoisotopic (exact) mass is 642 g/mol. The lowest BCUT2D eigenvalue weighted by molar-refractivity contribution is -0.727. The van der Waals surface area contributed by atoms with Crippen LogP contribution in [0, 0.1) is 5.92 Å². The number of esters is 1. The van der Waals surface area contributed by atoms with Crippen LogP contribution in [0.3, 0.4) is 0 Å². The number of amides is 2. The highest BCUT2D eigenvalue weighted by Crippen LogP contribution is 2.36. The van der Waals surface area contributed by atoms with Gasteiger partial charge >= 0.3 is 18.2 Å². The van der Waals surface area contributed by atoms with Gasteiger partial charge in [-0.2, -0.15) is 4.57 Å². The number of nitrogens with zero attached hydrogens (tertiary/aromatic N) is 2. The van der Waals surface area contributed by atoms with Crippen LogP contribution in [0.15, 0.2) is 24.5 Å². The van der Waals surface area contributed by atoms with Crippen molar-refractivity contribution in [2.45, 2.75) is 93.0 Å². The van der Waals surface area contributed by atoms with Crippen LogP contribution in [-0.2, 0) is 51.9 Å². The average molecular weight is 643 g/mol. The van der Waals surface area contributed by atoms with Crippen LogP contribution < -0.4 is 39.2 Å². The number of hydrogen-bond donors (Lipinski definition) is 2. The van der Waals surface area contributed by atoms with Crippen LogP contribution in [0.25, 0.3) is 11.3 Å². The number of rotatable bonds is 10. The molecule has 11 heteroatoms. The number of ether oxygens (including phenoxy) is 3. The summed E-state index contributed by atoms with van der Waals surface area (Å²) in [7, 11) is 0. The van der Waals surface area contributed by atoms with E-state index in [0.29, 0.717) is 0 Å². The van der Waals surface area contributed by atoms with Crippen molar-refractivity contribution in [3.8, 4) is 11.3 Å². The summed E-state index contributed by atoms with van der Waals surface area (Å²) < 4.78 is 20.4. The summed E-state index contributed by atoms with van der Waals surface area (Å²) in [6.07, 6.45) is 4.51. The molecule has 1 aliphatic rings. The van der Waals surface area contributed by atoms with Crippen LogP contribution in [0.5, 0.6) is 0 Å². The van der Waals surface area contributed by atoms with Gasteiger partial charge < -0.3 is 53.4 Å². The van der Waals surface area contributed by atoms with Gasteiger partial charge in [-0.05, 0) is 40.5 Å². The maximum absolute atomic E-state index is 12.3. The molecule has 10 nitrogen and oxygen atoms in total. The second-order valence-corrected chi connectivity index (χ2v) is 10.1. The molecule has 0 radical (unpaired) electrons. The topological polar surface area (TPSA) is 112 Å². The van der Waals surface area contributed by atoms with Crippen molar-refractivity contribution >= 4 is 18.2 Å². The van der Waals surface area contributed by atoms with Gasteiger partial charge in [0.2, 0.25) is 0 Å². The number of halogens is 1. The van der Waals surface area contributed by atoms with Crippen molar-refractivity contribution in [3.05, 3.63) is 41.3 Å². The highest BCUT2D eigenvalue weighted by atomic mass is 127. The van der Waals surface area contributed by atoms with Gasteiger partial charge in [-0.3, -0.25) is 4.79 Å². The van der Waals surface area contributed by atoms with E-state index in [-0.39, 0.29) is 67.9 Å². The minimum atomic E-state index is -0.505. The molecule has 2 aromatic heterocycles. The summed E-state index contributed by atoms with van der Waals surface area (Å²) in [5, 5.41) is 5.48. The lowest BCUT2D eigenvalue weighted by atomic mass is 10.0. The van der Waals surface area contributed by atoms with Crippen molar-refractivity contribution in [3.63, 3.8) is 0 Å². The number of hydrogen-bond acceptors (Lipinski definition) is 6. The molecular formula is C27H39IN4O6. The molecule has 0 spiro atoms. The highest BCUT2D eigenvalue weighted by Gasteiger charge is 2.28. The summed E-state index contributed by atoms with van der Waals surface area (Å²) >= 11 is 0. The van der Waals surface area contributed by atoms with Gasteiger partial charge in [0.1, 0.15) is 13.2 Å². The SMILES string of the molecule is CC(C)NC(=O)OCc1c(COC(=O)NC(C)C)c(-c2cc[n+](COC(=O)C(C)C)cc2)n2c1CCC2.[I-]. The van der Waals surface area contributed by atoms with E-state index in [0.717, 1.165) is 47.5 Å². The number of carbonyl (C=O) groups is 3. The molecule has 0 saturated heterocycles. The molecule has 2 amide bonds. The standard InChI is InChI=1S/C27H38N4O6.HI/c1-17(2)25(32)37-16-30-12-9-20(10-13-30)24-22(15-36-27(34)29-19(5)6)21(23-8-7-11-31(23)24)14-35-26(33)28-18(3)4;/h9-10,12-13,17-19H,7-8,11,14-16H2,1-6H3,(H-,28,29,33,34);1H. The minimum absolute atomic E-state index is 0. The molecule has 0 saturated carbocycles. The molecule has 38 heavy (non-hydrogen) atoms. The molecule has 0 aromatic carbocycles. The smallest absolute Gasteiger partial charge is 0.407 e. The van der Waals surface area contributed by atoms with Gasteiger partial charge in [-0.1, -0.05) is 13.8 Å². The van der Waals surface area contributed by atoms with Gasteiger partial charge in [0, 0.05) is 53.1 Å². The Hall–Kier alpha value is -2.83. The molecule has 0 fully saturated rings. The molecule has 0 bridgehead atoms. The Morgan fingerprint density at radius 1 is 0.895 bits per heavy atom. The Morgan fingerprint density at radius 3 is 1.97 bits per heavy atom. The van der Waals surface area contributed by atoms with E-state index in [2.05, 4.69) is 15.2 Å². The number of aromatic nitrogens is 2. The summed E-state index contributed by atoms with van der Waals surface area (Å²) in [4.78, 5) is 36.3. The fourth-order valence-electron chi connectivity index (χ4n) is 4.21. The second kappa shape index (κ2) is 14.4. The highest BCUT2D eigenvalue weighted by molar-refractivity contribution is 5.72. The lowest BCUT2D eigenvalue weighted by Crippen LogP contribution is -3.00. The third kappa shape index (κ3) is 8.34. The molecule has 3 heterocycles. The molecule has 1 aliphatic heterocycles. The first-order chi connectivity index (χ1) is 17.6. The molecule has 3 rings (SSSR count). The van der Waals surface area contributed by atoms with Crippen molar-refractivity contribution < 1.29 is 57.1 Å². The predicted octanol–water partition coefficient (Wildman–Crippen LogP) is 0.819. The zero-order valence-electron chi connectivity index (χ0n) is 23.0. The zero-order chi connectivity index (χ0) is 27.1. The quantitative estimate of drug-likeness (QED) is 0.172. The van der Waals surface area contributed by atoms with Crippen molar-refractivity contribution in [2.24, 2.45) is 5.92 Å². The van der Waals surface area contributed by atoms with Crippen molar-refractivity contribution in [1.82, 2.24) is 15.2 Å². The van der Waals surface area contributed by atoms with Gasteiger partial charge in [0.25, 0.3) is 6.73 Å². The average Bonchev–Trinajstić information content (AvgIpc) is 3.40. The molecule has 0 unspecified atom stereocenters. The van der Waals surface area contributed by atoms with E-state index >= 15 is 0 Å². The largest absolute Gasteiger partial charge is 1.00 e. The Bertz CT molecular complexity index is 1110. The van der Waals surface area contributed by atoms with Crippen LogP contribution in [-0.4, -0.2) is 34.8 Å². The first kappa shape index (κ1) is 31.4. The molecular weight excluding hydrogens is 603 g/mol. The summed E-state index contributed by atoms with van der Waals surface area (Å²) in [6, 6.07) is 3.79. The van der Waals surface area contributed by atoms with Crippen molar-refractivity contribution in [2.75, 3.05) is 0 Å². The number of nitrogens with one attached hydrogen (secondary N) is 2. The van der Waals surface area contributed by atoms with Crippen LogP contribution in [0.4, 0.5) is 9.59 Å². The molecule has 210 valence electrons. The normalized spacial score (nSPS) is 12.2. The van der Waals surface area contributed by atoms with E-state index in [1.807, 2.05) is 52.2 Å². The van der Waals surface area contributed by atoms with Crippen LogP contribution in [0.2, 0.25) is 0 Å². The maximum atomic E-state index is 12.3. The van der Waals surface area contributed by atoms with Gasteiger partial charge in [0.15, 0.2) is 12.4 Å². The lowest BCUT2D eigenvalue weighted by Gasteiger charge is -2.14. The van der Waals surface area contributed by atoms with E-state index in [1.54, 1.807) is 18.4 Å². The number of alkyl carbamates (subject to hydrolysis) is 2. The fourth-order valence-corrected chi connectivity index (χ4v) is 4.21. The van der Waals surface area contributed by atoms with Crippen LogP contribution >= 0.6 is 0 Å². The summed E-state index contributed by atoms with van der Waals surface area (Å²) in [5.74, 6) is -0.451. The van der Waals surface area contributed by atoms with Gasteiger partial charge in [-0.15, -0.1) is 0 Å². The molecule has 2 N–H and O–H groups in total. The number of pyridine rings is 1. The Balaban J connectivity index is 0.00000507. The van der Waals surface area contributed by atoms with Gasteiger partial charge in [0.05, 0.1) is 11.6 Å². The Morgan fingerprint density at radius 2 is 1.45 bits per heavy atom. The van der Waals surface area contributed by atoms with E-state index in [9.17, 15) is 14.4 Å². The zero-order valence-corrected chi connectivity index (χ0v) is 25.2. The summed E-state index contributed by atoms with van der Waals surface area (Å²) in [6.45, 7) is 12.1. The number of fused-ring (bicyclic) bond motifs is 1. The fraction of sp³-hybridized carbons (Fsp3) is 0.556. The second-order valence-electron chi connectivity index (χ2n) is 10.1. The van der Waals surface area contributed by atoms with E-state index < -0.39 is 12.2 Å².